The van der Waals surface area contributed by atoms with Gasteiger partial charge in [0.1, 0.15) is 31.8 Å². The zero-order valence-corrected chi connectivity index (χ0v) is 16.7. The summed E-state index contributed by atoms with van der Waals surface area (Å²) in [5, 5.41) is 0. The number of hydrogen-bond donors (Lipinski definition) is 3. The van der Waals surface area contributed by atoms with Crippen molar-refractivity contribution in [1.29, 1.82) is 0 Å². The predicted molar refractivity (Wildman–Crippen MR) is 103 cm³/mol. The molecule has 0 saturated heterocycles. The maximum Gasteiger partial charge on any atom is 0.330 e. The van der Waals surface area contributed by atoms with E-state index in [0.29, 0.717) is 0 Å². The van der Waals surface area contributed by atoms with Crippen LogP contribution in [0.15, 0.2) is 12.7 Å². The molecule has 0 atom stereocenters. The van der Waals surface area contributed by atoms with Crippen molar-refractivity contribution in [3.8, 4) is 0 Å². The molecule has 11 heteroatoms. The Morgan fingerprint density at radius 2 is 1.19 bits per heavy atom. The van der Waals surface area contributed by atoms with Crippen molar-refractivity contribution in [2.24, 2.45) is 5.41 Å². The van der Waals surface area contributed by atoms with Gasteiger partial charge in [-0.3, -0.25) is 14.4 Å². The van der Waals surface area contributed by atoms with Gasteiger partial charge in [-0.05, 0) is 0 Å². The van der Waals surface area contributed by atoms with Gasteiger partial charge in [0.25, 0.3) is 0 Å². The van der Waals surface area contributed by atoms with E-state index in [-0.39, 0.29) is 50.1 Å². The third kappa shape index (κ3) is 10.6. The van der Waals surface area contributed by atoms with Crippen LogP contribution in [0.3, 0.4) is 0 Å². The number of esters is 4. The molecule has 0 spiro atoms. The van der Waals surface area contributed by atoms with Crippen molar-refractivity contribution in [3.63, 3.8) is 0 Å². The first-order valence-electron chi connectivity index (χ1n) is 7.41. The lowest BCUT2D eigenvalue weighted by atomic mass is 9.92. The van der Waals surface area contributed by atoms with Crippen LogP contribution < -0.4 is 0 Å². The van der Waals surface area contributed by atoms with Gasteiger partial charge in [-0.15, -0.1) is 0 Å². The fraction of sp³-hybridized carbons (Fsp3) is 0.600. The number of rotatable bonds is 13. The van der Waals surface area contributed by atoms with Gasteiger partial charge in [-0.25, -0.2) is 4.79 Å². The van der Waals surface area contributed by atoms with E-state index >= 15 is 0 Å². The summed E-state index contributed by atoms with van der Waals surface area (Å²) in [5.41, 5.74) is -1.29. The van der Waals surface area contributed by atoms with E-state index in [1.807, 2.05) is 0 Å². The van der Waals surface area contributed by atoms with Crippen LogP contribution in [0.4, 0.5) is 0 Å². The Balaban J connectivity index is 5.29. The summed E-state index contributed by atoms with van der Waals surface area (Å²) in [6.45, 7) is 1.96. The Labute approximate surface area is 168 Å². The standard InChI is InChI=1S/C15H22O8S3/c1-2-11(16)20-7-15(9-22-13(18)5-25,10-23-14(19)6-26)8-21-12(17)3-4-24/h2,24-26H,1,3-10H2. The number of thiol groups is 3. The second-order valence-electron chi connectivity index (χ2n) is 5.08. The van der Waals surface area contributed by atoms with Crippen molar-refractivity contribution in [3.05, 3.63) is 12.7 Å². The van der Waals surface area contributed by atoms with Crippen molar-refractivity contribution >= 4 is 61.8 Å². The highest BCUT2D eigenvalue weighted by Crippen LogP contribution is 2.22. The largest absolute Gasteiger partial charge is 0.465 e. The molecule has 0 aromatic carbocycles. The summed E-state index contributed by atoms with van der Waals surface area (Å²) in [4.78, 5) is 45.9. The molecular formula is C15H22O8S3. The van der Waals surface area contributed by atoms with Gasteiger partial charge in [0, 0.05) is 11.8 Å². The summed E-state index contributed by atoms with van der Waals surface area (Å²) in [7, 11) is 0. The molecule has 0 aromatic rings. The number of hydrogen-bond acceptors (Lipinski definition) is 11. The molecule has 0 aromatic heterocycles. The van der Waals surface area contributed by atoms with Crippen LogP contribution in [-0.4, -0.2) is 67.6 Å². The Kier molecular flexibility index (Phi) is 13.1. The second kappa shape index (κ2) is 13.8. The molecule has 26 heavy (non-hydrogen) atoms. The third-order valence-electron chi connectivity index (χ3n) is 2.88. The summed E-state index contributed by atoms with van der Waals surface area (Å²) in [6, 6.07) is 0. The molecule has 0 saturated carbocycles. The van der Waals surface area contributed by atoms with Crippen LogP contribution >= 0.6 is 37.9 Å². The maximum absolute atomic E-state index is 11.6. The highest BCUT2D eigenvalue weighted by Gasteiger charge is 2.37. The van der Waals surface area contributed by atoms with Gasteiger partial charge in [0.2, 0.25) is 0 Å². The van der Waals surface area contributed by atoms with E-state index in [0.717, 1.165) is 6.08 Å². The molecule has 0 heterocycles. The minimum atomic E-state index is -1.29. The van der Waals surface area contributed by atoms with Crippen LogP contribution in [0.25, 0.3) is 0 Å². The van der Waals surface area contributed by atoms with Crippen molar-refractivity contribution in [2.75, 3.05) is 43.7 Å². The average Bonchev–Trinajstić information content (AvgIpc) is 2.65. The Hall–Kier alpha value is -1.33. The summed E-state index contributed by atoms with van der Waals surface area (Å²) >= 11 is 11.5. The van der Waals surface area contributed by atoms with Crippen LogP contribution in [0.1, 0.15) is 6.42 Å². The molecule has 148 valence electrons. The first-order chi connectivity index (χ1) is 12.3. The van der Waals surface area contributed by atoms with E-state index in [1.54, 1.807) is 0 Å². The van der Waals surface area contributed by atoms with E-state index in [9.17, 15) is 19.2 Å². The highest BCUT2D eigenvalue weighted by atomic mass is 32.1. The molecule has 0 aliphatic heterocycles. The molecule has 0 fully saturated rings. The summed E-state index contributed by atoms with van der Waals surface area (Å²) < 4.78 is 20.2. The molecule has 0 amide bonds. The molecule has 0 aliphatic carbocycles. The topological polar surface area (TPSA) is 105 Å². The van der Waals surface area contributed by atoms with Crippen molar-refractivity contribution < 1.29 is 38.1 Å². The summed E-state index contributed by atoms with van der Waals surface area (Å²) in [6.07, 6.45) is 0.996. The van der Waals surface area contributed by atoms with E-state index in [4.69, 9.17) is 18.9 Å². The van der Waals surface area contributed by atoms with Crippen LogP contribution in [0, 0.1) is 5.41 Å². The first-order valence-corrected chi connectivity index (χ1v) is 9.31. The Morgan fingerprint density at radius 1 is 0.769 bits per heavy atom. The predicted octanol–water partition coefficient (Wildman–Crippen LogP) is 0.511. The zero-order valence-electron chi connectivity index (χ0n) is 14.0. The number of carbonyl (C=O) groups excluding carboxylic acids is 4. The lowest BCUT2D eigenvalue weighted by Gasteiger charge is -2.31. The zero-order chi connectivity index (χ0) is 20.0. The van der Waals surface area contributed by atoms with E-state index < -0.39 is 29.3 Å². The number of carbonyl (C=O) groups is 4. The summed E-state index contributed by atoms with van der Waals surface area (Å²) in [5.74, 6) is -2.67. The molecule has 0 bridgehead atoms. The SMILES string of the molecule is C=CC(=O)OCC(COC(=O)CS)(COC(=O)CS)COC(=O)CCS. The van der Waals surface area contributed by atoms with Gasteiger partial charge in [0.15, 0.2) is 0 Å². The quantitative estimate of drug-likeness (QED) is 0.169. The molecule has 0 N–H and O–H groups in total. The van der Waals surface area contributed by atoms with Gasteiger partial charge in [-0.2, -0.15) is 37.9 Å². The lowest BCUT2D eigenvalue weighted by Crippen LogP contribution is -2.44. The molecule has 8 nitrogen and oxygen atoms in total. The van der Waals surface area contributed by atoms with Crippen LogP contribution in [0.5, 0.6) is 0 Å². The highest BCUT2D eigenvalue weighted by molar-refractivity contribution is 7.81. The normalized spacial score (nSPS) is 10.6. The van der Waals surface area contributed by atoms with E-state index in [2.05, 4.69) is 44.5 Å². The van der Waals surface area contributed by atoms with Crippen LogP contribution in [-0.2, 0) is 38.1 Å². The fourth-order valence-corrected chi connectivity index (χ4v) is 1.85. The van der Waals surface area contributed by atoms with Crippen LogP contribution in [0.2, 0.25) is 0 Å². The number of ether oxygens (including phenoxy) is 4. The molecular weight excluding hydrogens is 404 g/mol. The van der Waals surface area contributed by atoms with Gasteiger partial charge in [-0.1, -0.05) is 6.58 Å². The third-order valence-corrected chi connectivity index (χ3v) is 3.62. The Bertz CT molecular complexity index is 489. The maximum atomic E-state index is 11.6. The molecule has 0 radical (unpaired) electrons. The monoisotopic (exact) mass is 426 g/mol. The first kappa shape index (κ1) is 24.7. The average molecular weight is 427 g/mol. The second-order valence-corrected chi connectivity index (χ2v) is 6.16. The van der Waals surface area contributed by atoms with Crippen molar-refractivity contribution in [1.82, 2.24) is 0 Å². The van der Waals surface area contributed by atoms with Gasteiger partial charge >= 0.3 is 23.9 Å². The minimum absolute atomic E-state index is 0.0541. The lowest BCUT2D eigenvalue weighted by molar-refractivity contribution is -0.167. The molecule has 0 rings (SSSR count). The molecule has 0 unspecified atom stereocenters. The molecule has 0 aliphatic rings. The van der Waals surface area contributed by atoms with Gasteiger partial charge < -0.3 is 18.9 Å². The minimum Gasteiger partial charge on any atom is -0.465 e. The Morgan fingerprint density at radius 3 is 1.58 bits per heavy atom. The van der Waals surface area contributed by atoms with E-state index in [1.165, 1.54) is 0 Å². The van der Waals surface area contributed by atoms with Crippen molar-refractivity contribution in [2.45, 2.75) is 6.42 Å². The smallest absolute Gasteiger partial charge is 0.330 e. The van der Waals surface area contributed by atoms with Gasteiger partial charge in [0.05, 0.1) is 17.9 Å². The fourth-order valence-electron chi connectivity index (χ4n) is 1.49.